The molecule has 3 heterocycles. The lowest BCUT2D eigenvalue weighted by atomic mass is 10.2. The van der Waals surface area contributed by atoms with Gasteiger partial charge in [0.2, 0.25) is 0 Å². The Balaban J connectivity index is 1.56. The Morgan fingerprint density at radius 1 is 1.41 bits per heavy atom. The average Bonchev–Trinajstić information content (AvgIpc) is 3.11. The van der Waals surface area contributed by atoms with Crippen LogP contribution in [0.4, 0.5) is 5.13 Å². The number of nitrogens with one attached hydrogen (secondary N) is 1. The molecule has 4 rings (SSSR count). The van der Waals surface area contributed by atoms with E-state index in [4.69, 9.17) is 0 Å². The summed E-state index contributed by atoms with van der Waals surface area (Å²) in [7, 11) is 2.10. The molecule has 1 aliphatic heterocycles. The molecule has 0 saturated carbocycles. The highest BCUT2D eigenvalue weighted by Crippen LogP contribution is 2.28. The third kappa shape index (κ3) is 2.51. The van der Waals surface area contributed by atoms with E-state index in [1.165, 1.54) is 16.2 Å². The Morgan fingerprint density at radius 2 is 2.32 bits per heavy atom. The van der Waals surface area contributed by atoms with E-state index < -0.39 is 0 Å². The monoisotopic (exact) mass is 330 g/mol. The zero-order valence-corrected chi connectivity index (χ0v) is 13.6. The molecule has 0 saturated heterocycles. The summed E-state index contributed by atoms with van der Waals surface area (Å²) in [5.74, 6) is -0.116. The maximum atomic E-state index is 12.4. The molecule has 22 heavy (non-hydrogen) atoms. The van der Waals surface area contributed by atoms with Crippen molar-refractivity contribution in [2.45, 2.75) is 13.0 Å². The molecule has 2 aromatic heterocycles. The number of aromatic nitrogens is 2. The van der Waals surface area contributed by atoms with Crippen molar-refractivity contribution < 1.29 is 4.79 Å². The number of nitrogens with zero attached hydrogens (tertiary/aromatic N) is 3. The number of fused-ring (bicyclic) bond motifs is 2. The lowest BCUT2D eigenvalue weighted by molar-refractivity contribution is 0.102. The zero-order valence-electron chi connectivity index (χ0n) is 12.0. The first-order valence-corrected chi connectivity index (χ1v) is 8.70. The standard InChI is InChI=1S/C15H14N4OS2/c1-19-5-4-11-13(7-19)22-15(17-11)18-14(20)9-2-3-10-12(6-9)21-8-16-10/h2-3,6,8H,4-5,7H2,1H3,(H,17,18,20). The SMILES string of the molecule is CN1CCc2nc(NC(=O)c3ccc4ncsc4c3)sc2C1. The molecule has 1 N–H and O–H groups in total. The van der Waals surface area contributed by atoms with Gasteiger partial charge in [-0.15, -0.1) is 22.7 Å². The number of thiazole rings is 2. The van der Waals surface area contributed by atoms with Gasteiger partial charge in [0.25, 0.3) is 5.91 Å². The second kappa shape index (κ2) is 5.42. The van der Waals surface area contributed by atoms with Crippen LogP contribution >= 0.6 is 22.7 Å². The van der Waals surface area contributed by atoms with Crippen LogP contribution in [0.2, 0.25) is 0 Å². The number of amides is 1. The first kappa shape index (κ1) is 13.8. The molecule has 0 radical (unpaired) electrons. The fraction of sp³-hybridized carbons (Fsp3) is 0.267. The highest BCUT2D eigenvalue weighted by atomic mass is 32.1. The molecule has 1 amide bonds. The quantitative estimate of drug-likeness (QED) is 0.785. The minimum atomic E-state index is -0.116. The van der Waals surface area contributed by atoms with Crippen LogP contribution < -0.4 is 5.32 Å². The Labute approximate surface area is 135 Å². The highest BCUT2D eigenvalue weighted by molar-refractivity contribution is 7.16. The van der Waals surface area contributed by atoms with Gasteiger partial charge >= 0.3 is 0 Å². The predicted molar refractivity (Wildman–Crippen MR) is 89.7 cm³/mol. The maximum absolute atomic E-state index is 12.4. The first-order chi connectivity index (χ1) is 10.7. The maximum Gasteiger partial charge on any atom is 0.257 e. The molecule has 0 bridgehead atoms. The van der Waals surface area contributed by atoms with E-state index in [0.29, 0.717) is 10.7 Å². The third-order valence-electron chi connectivity index (χ3n) is 3.74. The molecule has 0 aliphatic carbocycles. The summed E-state index contributed by atoms with van der Waals surface area (Å²) in [5, 5.41) is 3.61. The average molecular weight is 330 g/mol. The van der Waals surface area contributed by atoms with E-state index >= 15 is 0 Å². The number of anilines is 1. The number of carbonyl (C=O) groups excluding carboxylic acids is 1. The Morgan fingerprint density at radius 3 is 3.23 bits per heavy atom. The van der Waals surface area contributed by atoms with Crippen molar-refractivity contribution >= 4 is 43.9 Å². The van der Waals surface area contributed by atoms with Gasteiger partial charge in [-0.05, 0) is 25.2 Å². The van der Waals surface area contributed by atoms with Crippen molar-refractivity contribution in [3.05, 3.63) is 39.8 Å². The van der Waals surface area contributed by atoms with Crippen LogP contribution in [0.15, 0.2) is 23.7 Å². The van der Waals surface area contributed by atoms with Crippen molar-refractivity contribution in [1.82, 2.24) is 14.9 Å². The Bertz CT molecular complexity index is 854. The molecule has 7 heteroatoms. The van der Waals surface area contributed by atoms with Crippen LogP contribution in [0.5, 0.6) is 0 Å². The van der Waals surface area contributed by atoms with Crippen molar-refractivity contribution in [3.8, 4) is 0 Å². The molecule has 1 aromatic carbocycles. The highest BCUT2D eigenvalue weighted by Gasteiger charge is 2.19. The lowest BCUT2D eigenvalue weighted by Gasteiger charge is -2.20. The van der Waals surface area contributed by atoms with E-state index in [1.807, 2.05) is 12.1 Å². The molecular weight excluding hydrogens is 316 g/mol. The minimum absolute atomic E-state index is 0.116. The van der Waals surface area contributed by atoms with Gasteiger partial charge in [0.1, 0.15) is 0 Å². The number of hydrogen-bond acceptors (Lipinski definition) is 6. The lowest BCUT2D eigenvalue weighted by Crippen LogP contribution is -2.25. The van der Waals surface area contributed by atoms with Crippen molar-refractivity contribution in [2.75, 3.05) is 18.9 Å². The van der Waals surface area contributed by atoms with Gasteiger partial charge in [-0.2, -0.15) is 0 Å². The molecule has 0 fully saturated rings. The number of benzene rings is 1. The second-order valence-electron chi connectivity index (χ2n) is 5.37. The molecule has 0 unspecified atom stereocenters. The number of likely N-dealkylation sites (N-methyl/N-ethyl adjacent to an activating group) is 1. The number of carbonyl (C=O) groups is 1. The molecular formula is C15H14N4OS2. The summed E-state index contributed by atoms with van der Waals surface area (Å²) in [4.78, 5) is 24.7. The summed E-state index contributed by atoms with van der Waals surface area (Å²) in [6.07, 6.45) is 0.949. The summed E-state index contributed by atoms with van der Waals surface area (Å²) in [6, 6.07) is 5.56. The summed E-state index contributed by atoms with van der Waals surface area (Å²) < 4.78 is 1.02. The van der Waals surface area contributed by atoms with Crippen LogP contribution in [-0.4, -0.2) is 34.4 Å². The van der Waals surface area contributed by atoms with Crippen LogP contribution in [-0.2, 0) is 13.0 Å². The van der Waals surface area contributed by atoms with Gasteiger partial charge in [-0.1, -0.05) is 0 Å². The van der Waals surface area contributed by atoms with E-state index in [9.17, 15) is 4.79 Å². The van der Waals surface area contributed by atoms with Crippen molar-refractivity contribution in [1.29, 1.82) is 0 Å². The Hall–Kier alpha value is -1.83. The Kier molecular flexibility index (Phi) is 3.40. The van der Waals surface area contributed by atoms with Crippen molar-refractivity contribution in [3.63, 3.8) is 0 Å². The molecule has 0 atom stereocenters. The fourth-order valence-electron chi connectivity index (χ4n) is 2.54. The summed E-state index contributed by atoms with van der Waals surface area (Å²) in [6.45, 7) is 1.93. The van der Waals surface area contributed by atoms with Gasteiger partial charge in [0.05, 0.1) is 21.4 Å². The molecule has 5 nitrogen and oxygen atoms in total. The second-order valence-corrected chi connectivity index (χ2v) is 7.34. The topological polar surface area (TPSA) is 58.1 Å². The molecule has 112 valence electrons. The molecule has 3 aromatic rings. The molecule has 1 aliphatic rings. The predicted octanol–water partition coefficient (Wildman–Crippen LogP) is 2.99. The smallest absolute Gasteiger partial charge is 0.257 e. The first-order valence-electron chi connectivity index (χ1n) is 7.01. The largest absolute Gasteiger partial charge is 0.301 e. The fourth-order valence-corrected chi connectivity index (χ4v) is 4.34. The normalized spacial score (nSPS) is 15.0. The number of hydrogen-bond donors (Lipinski definition) is 1. The number of rotatable bonds is 2. The van der Waals surface area contributed by atoms with Gasteiger partial charge in [0, 0.05) is 30.0 Å². The molecule has 0 spiro atoms. The third-order valence-corrected chi connectivity index (χ3v) is 5.53. The van der Waals surface area contributed by atoms with Gasteiger partial charge in [-0.25, -0.2) is 9.97 Å². The van der Waals surface area contributed by atoms with Gasteiger partial charge in [0.15, 0.2) is 5.13 Å². The van der Waals surface area contributed by atoms with Gasteiger partial charge in [-0.3, -0.25) is 10.1 Å². The van der Waals surface area contributed by atoms with Crippen molar-refractivity contribution in [2.24, 2.45) is 0 Å². The van der Waals surface area contributed by atoms with Crippen LogP contribution in [0, 0.1) is 0 Å². The summed E-state index contributed by atoms with van der Waals surface area (Å²) in [5.41, 5.74) is 4.48. The van der Waals surface area contributed by atoms with E-state index in [-0.39, 0.29) is 5.91 Å². The van der Waals surface area contributed by atoms with E-state index in [0.717, 1.165) is 35.4 Å². The van der Waals surface area contributed by atoms with Crippen LogP contribution in [0.1, 0.15) is 20.9 Å². The van der Waals surface area contributed by atoms with Gasteiger partial charge < -0.3 is 4.90 Å². The van der Waals surface area contributed by atoms with Crippen LogP contribution in [0.3, 0.4) is 0 Å². The minimum Gasteiger partial charge on any atom is -0.301 e. The van der Waals surface area contributed by atoms with Crippen LogP contribution in [0.25, 0.3) is 10.2 Å². The van der Waals surface area contributed by atoms with E-state index in [1.54, 1.807) is 22.9 Å². The summed E-state index contributed by atoms with van der Waals surface area (Å²) >= 11 is 3.11. The van der Waals surface area contributed by atoms with E-state index in [2.05, 4.69) is 27.2 Å². The zero-order chi connectivity index (χ0) is 15.1.